The zero-order valence-electron chi connectivity index (χ0n) is 13.2. The van der Waals surface area contributed by atoms with Gasteiger partial charge in [0.2, 0.25) is 0 Å². The molecule has 0 aromatic rings. The molecule has 1 saturated heterocycles. The lowest BCUT2D eigenvalue weighted by Crippen LogP contribution is -2.43. The number of halogens is 1. The van der Waals surface area contributed by atoms with Crippen LogP contribution in [0.15, 0.2) is 0 Å². The molecule has 0 spiro atoms. The molecule has 1 nitrogen and oxygen atoms in total. The minimum Gasteiger partial charge on any atom is -0.303 e. The van der Waals surface area contributed by atoms with Gasteiger partial charge in [-0.1, -0.05) is 57.5 Å². The van der Waals surface area contributed by atoms with E-state index in [0.717, 1.165) is 17.2 Å². The molecule has 1 unspecified atom stereocenters. The summed E-state index contributed by atoms with van der Waals surface area (Å²) in [6, 6.07) is 0. The average Bonchev–Trinajstić information content (AvgIpc) is 2.23. The van der Waals surface area contributed by atoms with E-state index in [2.05, 4.69) is 62.4 Å². The molecule has 0 aromatic heterocycles. The molecular weight excluding hydrogens is 286 g/mol. The van der Waals surface area contributed by atoms with Gasteiger partial charge in [0.15, 0.2) is 0 Å². The number of hydrogen-bond acceptors (Lipinski definition) is 1. The fourth-order valence-electron chi connectivity index (χ4n) is 2.85. The summed E-state index contributed by atoms with van der Waals surface area (Å²) in [5.41, 5.74) is 0.898. The molecule has 1 aliphatic heterocycles. The maximum absolute atomic E-state index is 3.70. The zero-order valence-corrected chi connectivity index (χ0v) is 14.8. The third kappa shape index (κ3) is 4.85. The number of nitrogens with zero attached hydrogens (tertiary/aromatic N) is 1. The van der Waals surface area contributed by atoms with E-state index in [-0.39, 0.29) is 0 Å². The van der Waals surface area contributed by atoms with Crippen molar-refractivity contribution < 1.29 is 0 Å². The van der Waals surface area contributed by atoms with E-state index in [1.807, 2.05) is 0 Å². The van der Waals surface area contributed by atoms with E-state index < -0.39 is 0 Å². The normalized spacial score (nSPS) is 22.2. The molecule has 1 rings (SSSR count). The van der Waals surface area contributed by atoms with Crippen molar-refractivity contribution in [3.8, 4) is 0 Å². The Bertz CT molecular complexity index is 241. The Morgan fingerprint density at radius 3 is 1.89 bits per heavy atom. The minimum atomic E-state index is 0.407. The first-order chi connectivity index (χ1) is 8.14. The van der Waals surface area contributed by atoms with E-state index in [0.29, 0.717) is 10.8 Å². The topological polar surface area (TPSA) is 3.24 Å². The highest BCUT2D eigenvalue weighted by Gasteiger charge is 2.31. The second-order valence-electron chi connectivity index (χ2n) is 8.16. The van der Waals surface area contributed by atoms with Gasteiger partial charge in [-0.2, -0.15) is 0 Å². The van der Waals surface area contributed by atoms with E-state index in [1.54, 1.807) is 0 Å². The van der Waals surface area contributed by atoms with Crippen molar-refractivity contribution in [1.82, 2.24) is 4.90 Å². The van der Waals surface area contributed by atoms with Crippen molar-refractivity contribution in [2.75, 3.05) is 25.0 Å². The summed E-state index contributed by atoms with van der Waals surface area (Å²) >= 11 is 3.70. The predicted molar refractivity (Wildman–Crippen MR) is 85.4 cm³/mol. The molecule has 1 aliphatic rings. The highest BCUT2D eigenvalue weighted by atomic mass is 79.9. The highest BCUT2D eigenvalue weighted by molar-refractivity contribution is 9.09. The minimum absolute atomic E-state index is 0.407. The summed E-state index contributed by atoms with van der Waals surface area (Å²) < 4.78 is 0. The van der Waals surface area contributed by atoms with Crippen molar-refractivity contribution in [3.63, 3.8) is 0 Å². The van der Waals surface area contributed by atoms with Crippen LogP contribution in [0.25, 0.3) is 0 Å². The van der Waals surface area contributed by atoms with Crippen LogP contribution in [0.5, 0.6) is 0 Å². The maximum atomic E-state index is 3.70. The number of likely N-dealkylation sites (tertiary alicyclic amines) is 1. The Hall–Kier alpha value is 0.440. The molecular formula is C16H32BrN. The summed E-state index contributed by atoms with van der Waals surface area (Å²) in [6.45, 7) is 18.1. The molecule has 108 valence electrons. The summed E-state index contributed by atoms with van der Waals surface area (Å²) in [5.74, 6) is 1.66. The maximum Gasteiger partial charge on any atom is 0.00768 e. The monoisotopic (exact) mass is 317 g/mol. The lowest BCUT2D eigenvalue weighted by Gasteiger charge is -2.41. The first-order valence-corrected chi connectivity index (χ1v) is 8.55. The smallest absolute Gasteiger partial charge is 0.00768 e. The summed E-state index contributed by atoms with van der Waals surface area (Å²) in [6.07, 6.45) is 2.76. The molecule has 0 radical (unpaired) electrons. The third-order valence-electron chi connectivity index (χ3n) is 4.70. The van der Waals surface area contributed by atoms with Crippen molar-refractivity contribution in [1.29, 1.82) is 0 Å². The van der Waals surface area contributed by atoms with Crippen molar-refractivity contribution >= 4 is 15.9 Å². The fourth-order valence-corrected chi connectivity index (χ4v) is 4.02. The van der Waals surface area contributed by atoms with E-state index in [1.165, 1.54) is 32.5 Å². The summed E-state index contributed by atoms with van der Waals surface area (Å²) in [5, 5.41) is 1.12. The van der Waals surface area contributed by atoms with Gasteiger partial charge in [0.05, 0.1) is 0 Å². The molecule has 1 fully saturated rings. The number of alkyl halides is 1. The lowest BCUT2D eigenvalue weighted by molar-refractivity contribution is 0.0855. The molecule has 1 atom stereocenters. The second kappa shape index (κ2) is 6.26. The standard InChI is InChI=1S/C16H32BrN/c1-15(2,3)13-7-9-18(10-8-13)12-14(11-17)16(4,5)6/h13-14H,7-12H2,1-6H3. The first-order valence-electron chi connectivity index (χ1n) is 7.43. The Morgan fingerprint density at radius 2 is 1.56 bits per heavy atom. The van der Waals surface area contributed by atoms with Gasteiger partial charge in [0.25, 0.3) is 0 Å². The molecule has 2 heteroatoms. The van der Waals surface area contributed by atoms with Crippen LogP contribution in [0.2, 0.25) is 0 Å². The Kier molecular flexibility index (Phi) is 5.74. The van der Waals surface area contributed by atoms with Crippen LogP contribution in [0.4, 0.5) is 0 Å². The lowest BCUT2D eigenvalue weighted by atomic mass is 9.75. The molecule has 0 bridgehead atoms. The Morgan fingerprint density at radius 1 is 1.06 bits per heavy atom. The van der Waals surface area contributed by atoms with Gasteiger partial charge in [-0.25, -0.2) is 0 Å². The number of rotatable bonds is 3. The van der Waals surface area contributed by atoms with Crippen molar-refractivity contribution in [3.05, 3.63) is 0 Å². The SMILES string of the molecule is CC(C)(C)C1CCN(CC(CBr)C(C)(C)C)CC1. The van der Waals surface area contributed by atoms with Gasteiger partial charge >= 0.3 is 0 Å². The molecule has 1 heterocycles. The van der Waals surface area contributed by atoms with Crippen LogP contribution >= 0.6 is 15.9 Å². The highest BCUT2D eigenvalue weighted by Crippen LogP contribution is 2.35. The molecule has 0 aliphatic carbocycles. The number of piperidine rings is 1. The second-order valence-corrected chi connectivity index (χ2v) is 8.81. The van der Waals surface area contributed by atoms with Crippen LogP contribution in [-0.2, 0) is 0 Å². The van der Waals surface area contributed by atoms with Gasteiger partial charge in [-0.3, -0.25) is 0 Å². The van der Waals surface area contributed by atoms with Crippen LogP contribution < -0.4 is 0 Å². The van der Waals surface area contributed by atoms with Crippen molar-refractivity contribution in [2.24, 2.45) is 22.7 Å². The molecule has 18 heavy (non-hydrogen) atoms. The van der Waals surface area contributed by atoms with Crippen LogP contribution in [0, 0.1) is 22.7 Å². The molecule has 0 saturated carbocycles. The molecule has 0 amide bonds. The van der Waals surface area contributed by atoms with Gasteiger partial charge in [0, 0.05) is 11.9 Å². The van der Waals surface area contributed by atoms with Crippen LogP contribution in [0.1, 0.15) is 54.4 Å². The molecule has 0 N–H and O–H groups in total. The largest absolute Gasteiger partial charge is 0.303 e. The van der Waals surface area contributed by atoms with E-state index >= 15 is 0 Å². The Labute approximate surface area is 123 Å². The fraction of sp³-hybridized carbons (Fsp3) is 1.00. The predicted octanol–water partition coefficient (Wildman–Crippen LogP) is 4.80. The molecule has 0 aromatic carbocycles. The van der Waals surface area contributed by atoms with Crippen molar-refractivity contribution in [2.45, 2.75) is 54.4 Å². The average molecular weight is 318 g/mol. The number of hydrogen-bond donors (Lipinski definition) is 0. The first kappa shape index (κ1) is 16.5. The van der Waals surface area contributed by atoms with Gasteiger partial charge in [-0.05, 0) is 48.6 Å². The summed E-state index contributed by atoms with van der Waals surface area (Å²) in [4.78, 5) is 2.68. The summed E-state index contributed by atoms with van der Waals surface area (Å²) in [7, 11) is 0. The van der Waals surface area contributed by atoms with Crippen LogP contribution in [-0.4, -0.2) is 29.9 Å². The van der Waals surface area contributed by atoms with Gasteiger partial charge < -0.3 is 4.90 Å². The zero-order chi connectivity index (χ0) is 14.0. The van der Waals surface area contributed by atoms with Gasteiger partial charge in [-0.15, -0.1) is 0 Å². The van der Waals surface area contributed by atoms with E-state index in [4.69, 9.17) is 0 Å². The van der Waals surface area contributed by atoms with E-state index in [9.17, 15) is 0 Å². The van der Waals surface area contributed by atoms with Crippen LogP contribution in [0.3, 0.4) is 0 Å². The quantitative estimate of drug-likeness (QED) is 0.676. The Balaban J connectivity index is 2.44. The van der Waals surface area contributed by atoms with Gasteiger partial charge in [0.1, 0.15) is 0 Å². The third-order valence-corrected chi connectivity index (χ3v) is 5.48.